The predicted molar refractivity (Wildman–Crippen MR) is 86.0 cm³/mol. The Bertz CT molecular complexity index is 545. The summed E-state index contributed by atoms with van der Waals surface area (Å²) in [6.45, 7) is 3.52. The van der Waals surface area contributed by atoms with Gasteiger partial charge in [-0.1, -0.05) is 0 Å². The fourth-order valence-electron chi connectivity index (χ4n) is 3.11. The first-order valence-electron chi connectivity index (χ1n) is 8.02. The van der Waals surface area contributed by atoms with E-state index < -0.39 is 21.8 Å². The summed E-state index contributed by atoms with van der Waals surface area (Å²) in [6, 6.07) is 0. The number of primary amides is 1. The molecule has 2 N–H and O–H groups in total. The highest BCUT2D eigenvalue weighted by atomic mass is 32.2. The van der Waals surface area contributed by atoms with Crippen LogP contribution < -0.4 is 5.73 Å². The number of carbonyl (C=O) groups is 2. The second-order valence-corrected chi connectivity index (χ2v) is 8.34. The van der Waals surface area contributed by atoms with Crippen LogP contribution in [-0.2, 0) is 19.6 Å². The van der Waals surface area contributed by atoms with Gasteiger partial charge in [0.15, 0.2) is 0 Å². The van der Waals surface area contributed by atoms with E-state index in [1.165, 1.54) is 17.1 Å². The summed E-state index contributed by atoms with van der Waals surface area (Å²) < 4.78 is 24.7. The fourth-order valence-corrected chi connectivity index (χ4v) is 3.97. The van der Waals surface area contributed by atoms with E-state index in [0.29, 0.717) is 19.5 Å². The molecular formula is C14H26N4O4S. The van der Waals surface area contributed by atoms with Crippen LogP contribution in [0.2, 0.25) is 0 Å². The van der Waals surface area contributed by atoms with E-state index in [9.17, 15) is 18.0 Å². The molecule has 0 spiro atoms. The molecule has 0 aromatic carbocycles. The van der Waals surface area contributed by atoms with Gasteiger partial charge in [0.1, 0.15) is 0 Å². The van der Waals surface area contributed by atoms with Crippen LogP contribution in [0, 0.1) is 5.92 Å². The molecule has 0 aliphatic carbocycles. The number of carbonyl (C=O) groups excluding carboxylic acids is 2. The Morgan fingerprint density at radius 2 is 1.74 bits per heavy atom. The van der Waals surface area contributed by atoms with E-state index in [0.717, 1.165) is 19.3 Å². The SMILES string of the molecule is CS(=O)(=O)N1CCN(C(=O)CCN2CCCC2)CC(C(N)=O)C1. The molecule has 0 aromatic rings. The lowest BCUT2D eigenvalue weighted by Gasteiger charge is -2.24. The van der Waals surface area contributed by atoms with Gasteiger partial charge < -0.3 is 15.5 Å². The van der Waals surface area contributed by atoms with Crippen LogP contribution in [0.5, 0.6) is 0 Å². The van der Waals surface area contributed by atoms with Gasteiger partial charge in [-0.3, -0.25) is 9.59 Å². The molecule has 9 heteroatoms. The van der Waals surface area contributed by atoms with Gasteiger partial charge in [-0.15, -0.1) is 0 Å². The van der Waals surface area contributed by atoms with Crippen molar-refractivity contribution in [3.8, 4) is 0 Å². The van der Waals surface area contributed by atoms with E-state index in [2.05, 4.69) is 4.90 Å². The zero-order valence-corrected chi connectivity index (χ0v) is 14.4. The first-order valence-corrected chi connectivity index (χ1v) is 9.87. The van der Waals surface area contributed by atoms with E-state index in [1.807, 2.05) is 0 Å². The largest absolute Gasteiger partial charge is 0.369 e. The molecule has 132 valence electrons. The van der Waals surface area contributed by atoms with Gasteiger partial charge in [-0.05, 0) is 25.9 Å². The number of hydrogen-bond acceptors (Lipinski definition) is 5. The zero-order valence-electron chi connectivity index (χ0n) is 13.6. The molecule has 0 aromatic heterocycles. The van der Waals surface area contributed by atoms with Crippen molar-refractivity contribution in [1.82, 2.24) is 14.1 Å². The van der Waals surface area contributed by atoms with Crippen LogP contribution in [0.25, 0.3) is 0 Å². The zero-order chi connectivity index (χ0) is 17.0. The third kappa shape index (κ3) is 5.15. The standard InChI is InChI=1S/C14H26N4O4S/c1-23(21,22)18-9-8-17(10-12(11-18)14(15)20)13(19)4-7-16-5-2-3-6-16/h12H,2-11H2,1H3,(H2,15,20). The van der Waals surface area contributed by atoms with Crippen molar-refractivity contribution in [1.29, 1.82) is 0 Å². The summed E-state index contributed by atoms with van der Waals surface area (Å²) in [5, 5.41) is 0. The Morgan fingerprint density at radius 1 is 1.09 bits per heavy atom. The molecule has 2 rings (SSSR count). The molecule has 0 saturated carbocycles. The molecule has 23 heavy (non-hydrogen) atoms. The van der Waals surface area contributed by atoms with Crippen molar-refractivity contribution in [2.45, 2.75) is 19.3 Å². The highest BCUT2D eigenvalue weighted by Gasteiger charge is 2.32. The summed E-state index contributed by atoms with van der Waals surface area (Å²) in [7, 11) is -3.41. The smallest absolute Gasteiger partial charge is 0.223 e. The Hall–Kier alpha value is -1.19. The molecule has 8 nitrogen and oxygen atoms in total. The number of hydrogen-bond donors (Lipinski definition) is 1. The molecule has 0 bridgehead atoms. The van der Waals surface area contributed by atoms with Crippen LogP contribution in [0.4, 0.5) is 0 Å². The van der Waals surface area contributed by atoms with Crippen LogP contribution >= 0.6 is 0 Å². The Morgan fingerprint density at radius 3 is 2.30 bits per heavy atom. The van der Waals surface area contributed by atoms with Gasteiger partial charge in [0, 0.05) is 39.1 Å². The van der Waals surface area contributed by atoms with E-state index in [4.69, 9.17) is 5.73 Å². The van der Waals surface area contributed by atoms with E-state index in [1.54, 1.807) is 4.90 Å². The number of nitrogens with two attached hydrogens (primary N) is 1. The number of likely N-dealkylation sites (tertiary alicyclic amines) is 1. The quantitative estimate of drug-likeness (QED) is 0.665. The van der Waals surface area contributed by atoms with Gasteiger partial charge in [-0.25, -0.2) is 8.42 Å². The van der Waals surface area contributed by atoms with Crippen molar-refractivity contribution in [3.63, 3.8) is 0 Å². The summed E-state index contributed by atoms with van der Waals surface area (Å²) in [5.74, 6) is -1.28. The lowest BCUT2D eigenvalue weighted by atomic mass is 10.1. The maximum Gasteiger partial charge on any atom is 0.223 e. The maximum atomic E-state index is 12.4. The lowest BCUT2D eigenvalue weighted by molar-refractivity contribution is -0.132. The number of rotatable bonds is 5. The first kappa shape index (κ1) is 18.2. The van der Waals surface area contributed by atoms with Crippen LogP contribution in [0.1, 0.15) is 19.3 Å². The molecule has 1 atom stereocenters. The van der Waals surface area contributed by atoms with Crippen molar-refractivity contribution in [2.24, 2.45) is 11.7 Å². The highest BCUT2D eigenvalue weighted by Crippen LogP contribution is 2.14. The minimum atomic E-state index is -3.41. The average Bonchev–Trinajstić information content (AvgIpc) is 2.86. The second-order valence-electron chi connectivity index (χ2n) is 6.36. The van der Waals surface area contributed by atoms with Gasteiger partial charge in [0.25, 0.3) is 0 Å². The molecule has 2 aliphatic rings. The predicted octanol–water partition coefficient (Wildman–Crippen LogP) is -1.32. The Kier molecular flexibility index (Phi) is 5.99. The Labute approximate surface area is 137 Å². The molecule has 2 saturated heterocycles. The summed E-state index contributed by atoms with van der Waals surface area (Å²) in [6.07, 6.45) is 3.84. The fraction of sp³-hybridized carbons (Fsp3) is 0.857. The van der Waals surface area contributed by atoms with Crippen LogP contribution in [-0.4, -0.2) is 86.4 Å². The van der Waals surface area contributed by atoms with Crippen molar-refractivity contribution in [2.75, 3.05) is 52.1 Å². The normalized spacial score (nSPS) is 24.6. The third-order valence-electron chi connectivity index (χ3n) is 4.55. The molecule has 2 fully saturated rings. The average molecular weight is 346 g/mol. The van der Waals surface area contributed by atoms with Crippen LogP contribution in [0.15, 0.2) is 0 Å². The van der Waals surface area contributed by atoms with E-state index in [-0.39, 0.29) is 25.5 Å². The topological polar surface area (TPSA) is 104 Å². The Balaban J connectivity index is 1.97. The molecule has 1 unspecified atom stereocenters. The van der Waals surface area contributed by atoms with Gasteiger partial charge in [0.2, 0.25) is 21.8 Å². The first-order chi connectivity index (χ1) is 10.8. The second kappa shape index (κ2) is 7.59. The molecule has 2 aliphatic heterocycles. The molecule has 0 radical (unpaired) electrons. The number of sulfonamides is 1. The molecule has 2 heterocycles. The van der Waals surface area contributed by atoms with Crippen molar-refractivity contribution in [3.05, 3.63) is 0 Å². The van der Waals surface area contributed by atoms with Gasteiger partial charge >= 0.3 is 0 Å². The number of amides is 2. The monoisotopic (exact) mass is 346 g/mol. The molecular weight excluding hydrogens is 320 g/mol. The van der Waals surface area contributed by atoms with Gasteiger partial charge in [-0.2, -0.15) is 4.31 Å². The summed E-state index contributed by atoms with van der Waals surface area (Å²) in [4.78, 5) is 27.8. The summed E-state index contributed by atoms with van der Waals surface area (Å²) >= 11 is 0. The number of nitrogens with zero attached hydrogens (tertiary/aromatic N) is 3. The maximum absolute atomic E-state index is 12.4. The highest BCUT2D eigenvalue weighted by molar-refractivity contribution is 7.88. The third-order valence-corrected chi connectivity index (χ3v) is 5.82. The minimum Gasteiger partial charge on any atom is -0.369 e. The summed E-state index contributed by atoms with van der Waals surface area (Å²) in [5.41, 5.74) is 5.37. The minimum absolute atomic E-state index is 0.0431. The van der Waals surface area contributed by atoms with Crippen molar-refractivity contribution < 1.29 is 18.0 Å². The van der Waals surface area contributed by atoms with E-state index >= 15 is 0 Å². The van der Waals surface area contributed by atoms with Crippen molar-refractivity contribution >= 4 is 21.8 Å². The van der Waals surface area contributed by atoms with Gasteiger partial charge in [0.05, 0.1) is 12.2 Å². The van der Waals surface area contributed by atoms with Crippen LogP contribution in [0.3, 0.4) is 0 Å². The molecule has 2 amide bonds. The lowest BCUT2D eigenvalue weighted by Crippen LogP contribution is -2.41.